The average molecular weight is 206 g/mol. The third-order valence-corrected chi connectivity index (χ3v) is 2.72. The third kappa shape index (κ3) is 2.75. The largest absolute Gasteiger partial charge is 0.508 e. The number of hydrogen-bond acceptors (Lipinski definition) is 2. The molecule has 1 atom stereocenters. The molecule has 0 aromatic carbocycles. The molecule has 0 aromatic heterocycles. The molecule has 2 N–H and O–H groups in total. The Morgan fingerprint density at radius 3 is 2.67 bits per heavy atom. The van der Waals surface area contributed by atoms with E-state index in [-0.39, 0.29) is 17.4 Å². The number of aliphatic hydroxyl groups excluding tert-OH is 2. The normalized spacial score (nSPS) is 22.7. The molecule has 15 heavy (non-hydrogen) atoms. The Balaban J connectivity index is 3.06. The maximum absolute atomic E-state index is 9.64. The predicted octanol–water partition coefficient (Wildman–Crippen LogP) is 3.80. The zero-order valence-electron chi connectivity index (χ0n) is 9.16. The molecule has 1 aliphatic rings. The molecular weight excluding hydrogens is 188 g/mol. The molecule has 0 amide bonds. The predicted molar refractivity (Wildman–Crippen MR) is 62.7 cm³/mol. The van der Waals surface area contributed by atoms with Gasteiger partial charge in [-0.3, -0.25) is 0 Å². The van der Waals surface area contributed by atoms with Crippen molar-refractivity contribution in [1.82, 2.24) is 0 Å². The van der Waals surface area contributed by atoms with Crippen LogP contribution in [0.25, 0.3) is 0 Å². The van der Waals surface area contributed by atoms with E-state index in [9.17, 15) is 10.2 Å². The molecule has 0 spiro atoms. The summed E-state index contributed by atoms with van der Waals surface area (Å²) in [5, 5.41) is 19.1. The molecule has 1 unspecified atom stereocenters. The fraction of sp³-hybridized carbons (Fsp3) is 0.385. The first-order valence-electron chi connectivity index (χ1n) is 5.17. The van der Waals surface area contributed by atoms with Gasteiger partial charge < -0.3 is 10.2 Å². The van der Waals surface area contributed by atoms with Crippen LogP contribution in [0, 0.1) is 5.92 Å². The van der Waals surface area contributed by atoms with Crippen molar-refractivity contribution < 1.29 is 10.2 Å². The van der Waals surface area contributed by atoms with E-state index < -0.39 is 0 Å². The van der Waals surface area contributed by atoms with Gasteiger partial charge in [-0.2, -0.15) is 0 Å². The molecule has 1 aliphatic carbocycles. The Hall–Kier alpha value is -1.44. The quantitative estimate of drug-likeness (QED) is 0.419. The van der Waals surface area contributed by atoms with E-state index in [1.54, 1.807) is 0 Å². The second-order valence-electron chi connectivity index (χ2n) is 3.96. The molecule has 0 aromatic rings. The van der Waals surface area contributed by atoms with Gasteiger partial charge in [-0.1, -0.05) is 24.8 Å². The van der Waals surface area contributed by atoms with Gasteiger partial charge in [0.1, 0.15) is 11.5 Å². The summed E-state index contributed by atoms with van der Waals surface area (Å²) in [6, 6.07) is 0. The van der Waals surface area contributed by atoms with Crippen molar-refractivity contribution in [3.8, 4) is 0 Å². The Morgan fingerprint density at radius 2 is 2.20 bits per heavy atom. The van der Waals surface area contributed by atoms with Gasteiger partial charge >= 0.3 is 0 Å². The molecule has 1 rings (SSSR count). The van der Waals surface area contributed by atoms with Crippen molar-refractivity contribution in [2.45, 2.75) is 26.2 Å². The van der Waals surface area contributed by atoms with Gasteiger partial charge in [-0.25, -0.2) is 0 Å². The van der Waals surface area contributed by atoms with E-state index in [0.717, 1.165) is 19.3 Å². The number of hydrogen-bond donors (Lipinski definition) is 2. The maximum atomic E-state index is 9.64. The third-order valence-electron chi connectivity index (χ3n) is 2.72. The van der Waals surface area contributed by atoms with Crippen LogP contribution in [0.15, 0.2) is 48.0 Å². The molecular formula is C13H18O2. The van der Waals surface area contributed by atoms with E-state index in [1.807, 2.05) is 0 Å². The van der Waals surface area contributed by atoms with Crippen LogP contribution in [0.2, 0.25) is 0 Å². The highest BCUT2D eigenvalue weighted by molar-refractivity contribution is 5.36. The average Bonchev–Trinajstić information content (AvgIpc) is 2.17. The molecule has 82 valence electrons. The highest BCUT2D eigenvalue weighted by atomic mass is 16.3. The summed E-state index contributed by atoms with van der Waals surface area (Å²) < 4.78 is 0. The van der Waals surface area contributed by atoms with E-state index in [2.05, 4.69) is 26.2 Å². The van der Waals surface area contributed by atoms with Gasteiger partial charge in [0.2, 0.25) is 0 Å². The smallest absolute Gasteiger partial charge is 0.122 e. The lowest BCUT2D eigenvalue weighted by atomic mass is 9.84. The van der Waals surface area contributed by atoms with Crippen molar-refractivity contribution in [2.75, 3.05) is 0 Å². The summed E-state index contributed by atoms with van der Waals surface area (Å²) in [4.78, 5) is 0. The lowest BCUT2D eigenvalue weighted by Crippen LogP contribution is -2.10. The van der Waals surface area contributed by atoms with Crippen LogP contribution in [0.1, 0.15) is 26.2 Å². The van der Waals surface area contributed by atoms with Gasteiger partial charge in [-0.05, 0) is 32.3 Å². The van der Waals surface area contributed by atoms with Crippen molar-refractivity contribution >= 4 is 0 Å². The molecule has 0 fully saturated rings. The van der Waals surface area contributed by atoms with Crippen molar-refractivity contribution in [3.63, 3.8) is 0 Å². The summed E-state index contributed by atoms with van der Waals surface area (Å²) in [7, 11) is 0. The van der Waals surface area contributed by atoms with Gasteiger partial charge in [0.25, 0.3) is 0 Å². The lowest BCUT2D eigenvalue weighted by Gasteiger charge is -2.22. The molecule has 0 saturated heterocycles. The Kier molecular flexibility index (Phi) is 3.78. The lowest BCUT2D eigenvalue weighted by molar-refractivity contribution is 0.373. The van der Waals surface area contributed by atoms with Crippen LogP contribution in [-0.2, 0) is 0 Å². The first-order valence-corrected chi connectivity index (χ1v) is 5.17. The monoisotopic (exact) mass is 206 g/mol. The zero-order chi connectivity index (χ0) is 11.4. The fourth-order valence-corrected chi connectivity index (χ4v) is 2.00. The second-order valence-corrected chi connectivity index (χ2v) is 3.96. The Morgan fingerprint density at radius 1 is 1.53 bits per heavy atom. The molecule has 0 saturated carbocycles. The van der Waals surface area contributed by atoms with Crippen molar-refractivity contribution in [2.24, 2.45) is 5.92 Å². The van der Waals surface area contributed by atoms with Crippen molar-refractivity contribution in [1.29, 1.82) is 0 Å². The Bertz CT molecular complexity index is 334. The van der Waals surface area contributed by atoms with Crippen LogP contribution in [0.4, 0.5) is 0 Å². The van der Waals surface area contributed by atoms with E-state index in [1.165, 1.54) is 11.6 Å². The summed E-state index contributed by atoms with van der Waals surface area (Å²) in [6.45, 7) is 9.05. The van der Waals surface area contributed by atoms with E-state index in [4.69, 9.17) is 0 Å². The topological polar surface area (TPSA) is 40.5 Å². The molecule has 0 heterocycles. The highest BCUT2D eigenvalue weighted by Gasteiger charge is 2.20. The number of rotatable bonds is 3. The van der Waals surface area contributed by atoms with Gasteiger partial charge in [0.15, 0.2) is 0 Å². The number of aliphatic hydroxyl groups is 2. The van der Waals surface area contributed by atoms with Crippen LogP contribution < -0.4 is 0 Å². The van der Waals surface area contributed by atoms with Crippen LogP contribution in [0.3, 0.4) is 0 Å². The first-order chi connectivity index (χ1) is 7.06. The fourth-order valence-electron chi connectivity index (χ4n) is 2.00. The highest BCUT2D eigenvalue weighted by Crippen LogP contribution is 2.32. The van der Waals surface area contributed by atoms with Crippen LogP contribution in [0.5, 0.6) is 0 Å². The van der Waals surface area contributed by atoms with Gasteiger partial charge in [-0.15, -0.1) is 0 Å². The van der Waals surface area contributed by atoms with E-state index in [0.29, 0.717) is 5.57 Å². The standard InChI is InChI=1S/C13H18O2/c1-4-12(15)13(10(3)14)11-7-5-6-9(2)8-11/h4,8,11,14-15H,1,3,5-7H2,2H3/b13-12-. The first kappa shape index (κ1) is 11.6. The van der Waals surface area contributed by atoms with E-state index >= 15 is 0 Å². The SMILES string of the molecule is C=C/C(O)=C(\C(=C)O)C1C=C(C)CCC1. The summed E-state index contributed by atoms with van der Waals surface area (Å²) >= 11 is 0. The summed E-state index contributed by atoms with van der Waals surface area (Å²) in [5.41, 5.74) is 1.80. The van der Waals surface area contributed by atoms with Gasteiger partial charge in [0, 0.05) is 11.5 Å². The Labute approximate surface area is 90.9 Å². The van der Waals surface area contributed by atoms with Crippen LogP contribution in [-0.4, -0.2) is 10.2 Å². The number of allylic oxidation sites excluding steroid dienone is 4. The minimum Gasteiger partial charge on any atom is -0.508 e. The maximum Gasteiger partial charge on any atom is 0.122 e. The van der Waals surface area contributed by atoms with Crippen LogP contribution >= 0.6 is 0 Å². The molecule has 2 heteroatoms. The molecule has 2 nitrogen and oxygen atoms in total. The summed E-state index contributed by atoms with van der Waals surface area (Å²) in [6.07, 6.45) is 6.53. The second kappa shape index (κ2) is 4.87. The summed E-state index contributed by atoms with van der Waals surface area (Å²) in [5.74, 6) is 0.0241. The minimum absolute atomic E-state index is 0.0263. The minimum atomic E-state index is -0.0663. The van der Waals surface area contributed by atoms with Gasteiger partial charge in [0.05, 0.1) is 0 Å². The molecule has 0 aliphatic heterocycles. The molecule has 0 radical (unpaired) electrons. The zero-order valence-corrected chi connectivity index (χ0v) is 9.16. The van der Waals surface area contributed by atoms with Crippen molar-refractivity contribution in [3.05, 3.63) is 48.0 Å². The molecule has 0 bridgehead atoms.